The van der Waals surface area contributed by atoms with Crippen molar-refractivity contribution in [3.63, 3.8) is 0 Å². The van der Waals surface area contributed by atoms with Crippen molar-refractivity contribution < 1.29 is 0 Å². The number of aryl methyl sites for hydroxylation is 2. The van der Waals surface area contributed by atoms with Crippen molar-refractivity contribution in [1.29, 1.82) is 0 Å². The van der Waals surface area contributed by atoms with Crippen molar-refractivity contribution in [2.24, 2.45) is 4.99 Å². The summed E-state index contributed by atoms with van der Waals surface area (Å²) in [5.74, 6) is 0.890. The topological polar surface area (TPSA) is 52.6 Å². The molecule has 0 unspecified atom stereocenters. The van der Waals surface area contributed by atoms with Crippen molar-refractivity contribution in [2.45, 2.75) is 54.0 Å². The molecule has 0 amide bonds. The van der Waals surface area contributed by atoms with Gasteiger partial charge in [-0.15, -0.1) is 35.3 Å². The van der Waals surface area contributed by atoms with E-state index in [9.17, 15) is 0 Å². The smallest absolute Gasteiger partial charge is 0.191 e. The molecule has 0 aliphatic carbocycles. The number of aliphatic imine (C=N–C) groups is 1. The number of rotatable bonds is 10. The first kappa shape index (κ1) is 23.6. The quantitative estimate of drug-likeness (QED) is 0.239. The predicted molar refractivity (Wildman–Crippen MR) is 117 cm³/mol. The summed E-state index contributed by atoms with van der Waals surface area (Å²) in [5.41, 5.74) is 1.12. The third-order valence-corrected chi connectivity index (χ3v) is 4.94. The Hall–Kier alpha value is -0.410. The minimum absolute atomic E-state index is 0. The summed E-state index contributed by atoms with van der Waals surface area (Å²) in [6.45, 7) is 16.6. The number of unbranched alkanes of at least 4 members (excludes halogenated alkanes) is 1. The van der Waals surface area contributed by atoms with Gasteiger partial charge in [-0.2, -0.15) is 0 Å². The van der Waals surface area contributed by atoms with Crippen molar-refractivity contribution in [1.82, 2.24) is 20.5 Å². The van der Waals surface area contributed by atoms with E-state index in [0.717, 1.165) is 49.3 Å². The Balaban J connectivity index is 0.00000529. The molecule has 0 saturated heterocycles. The number of halogens is 1. The summed E-state index contributed by atoms with van der Waals surface area (Å²) < 4.78 is 0. The lowest BCUT2D eigenvalue weighted by molar-refractivity contribution is 0.297. The highest BCUT2D eigenvalue weighted by molar-refractivity contribution is 14.0. The molecule has 0 aliphatic rings. The van der Waals surface area contributed by atoms with E-state index in [1.807, 2.05) is 0 Å². The van der Waals surface area contributed by atoms with Gasteiger partial charge in [-0.3, -0.25) is 0 Å². The van der Waals surface area contributed by atoms with E-state index in [0.29, 0.717) is 6.54 Å². The van der Waals surface area contributed by atoms with Gasteiger partial charge >= 0.3 is 0 Å². The first-order valence-electron chi connectivity index (χ1n) is 8.78. The number of aromatic nitrogens is 1. The largest absolute Gasteiger partial charge is 0.357 e. The van der Waals surface area contributed by atoms with Gasteiger partial charge < -0.3 is 15.5 Å². The number of nitrogens with one attached hydrogen (secondary N) is 2. The van der Waals surface area contributed by atoms with Crippen LogP contribution in [-0.2, 0) is 6.54 Å². The van der Waals surface area contributed by atoms with Crippen LogP contribution in [0.2, 0.25) is 0 Å². The van der Waals surface area contributed by atoms with Crippen LogP contribution < -0.4 is 10.6 Å². The molecule has 0 spiro atoms. The van der Waals surface area contributed by atoms with Crippen molar-refractivity contribution in [2.75, 3.05) is 32.7 Å². The molecule has 1 rings (SSSR count). The van der Waals surface area contributed by atoms with Gasteiger partial charge in [0.1, 0.15) is 5.01 Å². The second kappa shape index (κ2) is 13.8. The minimum Gasteiger partial charge on any atom is -0.357 e. The highest BCUT2D eigenvalue weighted by Gasteiger charge is 2.04. The number of hydrogen-bond donors (Lipinski definition) is 2. The van der Waals surface area contributed by atoms with Crippen molar-refractivity contribution in [3.8, 4) is 0 Å². The van der Waals surface area contributed by atoms with Crippen molar-refractivity contribution >= 4 is 41.3 Å². The number of hydrogen-bond acceptors (Lipinski definition) is 4. The van der Waals surface area contributed by atoms with Gasteiger partial charge in [0.2, 0.25) is 0 Å². The Bertz CT molecular complexity index is 452. The molecule has 1 heterocycles. The van der Waals surface area contributed by atoms with Gasteiger partial charge in [0.25, 0.3) is 0 Å². The van der Waals surface area contributed by atoms with Crippen LogP contribution in [0.1, 0.15) is 49.2 Å². The van der Waals surface area contributed by atoms with Gasteiger partial charge in [0.15, 0.2) is 5.96 Å². The zero-order chi connectivity index (χ0) is 17.1. The summed E-state index contributed by atoms with van der Waals surface area (Å²) in [4.78, 5) is 12.9. The van der Waals surface area contributed by atoms with Crippen LogP contribution in [-0.4, -0.2) is 48.6 Å². The zero-order valence-corrected chi connectivity index (χ0v) is 19.0. The third kappa shape index (κ3) is 9.17. The predicted octanol–water partition coefficient (Wildman–Crippen LogP) is 3.56. The van der Waals surface area contributed by atoms with Crippen LogP contribution in [0.15, 0.2) is 4.99 Å². The average Bonchev–Trinajstić information content (AvgIpc) is 2.86. The first-order chi connectivity index (χ1) is 11.1. The Morgan fingerprint density at radius 1 is 1.12 bits per heavy atom. The van der Waals surface area contributed by atoms with Gasteiger partial charge in [-0.25, -0.2) is 9.98 Å². The van der Waals surface area contributed by atoms with Crippen LogP contribution in [0.3, 0.4) is 0 Å². The molecular weight excluding hydrogens is 433 g/mol. The summed E-state index contributed by atoms with van der Waals surface area (Å²) >= 11 is 1.74. The maximum absolute atomic E-state index is 4.64. The Morgan fingerprint density at radius 3 is 2.38 bits per heavy atom. The molecule has 1 aromatic rings. The molecule has 0 radical (unpaired) electrons. The van der Waals surface area contributed by atoms with Crippen LogP contribution in [0.4, 0.5) is 0 Å². The highest BCUT2D eigenvalue weighted by atomic mass is 127. The van der Waals surface area contributed by atoms with Crippen LogP contribution in [0, 0.1) is 13.8 Å². The van der Waals surface area contributed by atoms with Gasteiger partial charge in [-0.1, -0.05) is 13.8 Å². The Labute approximate surface area is 168 Å². The second-order valence-corrected chi connectivity index (χ2v) is 6.89. The van der Waals surface area contributed by atoms with E-state index in [4.69, 9.17) is 0 Å². The lowest BCUT2D eigenvalue weighted by atomic mass is 10.3. The van der Waals surface area contributed by atoms with E-state index in [2.05, 4.69) is 60.1 Å². The fourth-order valence-electron chi connectivity index (χ4n) is 2.30. The first-order valence-corrected chi connectivity index (χ1v) is 9.59. The summed E-state index contributed by atoms with van der Waals surface area (Å²) in [5, 5.41) is 7.80. The Morgan fingerprint density at radius 2 is 1.83 bits per heavy atom. The standard InChI is InChI=1S/C17H33N5S.HI/c1-6-18-17(19-11-9-10-12-22(7-2)8-3)20-13-16-21-14(4)15(5)23-16;/h6-13H2,1-5H3,(H2,18,19,20);1H. The van der Waals surface area contributed by atoms with E-state index in [1.165, 1.54) is 17.8 Å². The molecule has 7 heteroatoms. The minimum atomic E-state index is 0. The van der Waals surface area contributed by atoms with Gasteiger partial charge in [0, 0.05) is 18.0 Å². The SMILES string of the molecule is CCNC(=NCc1nc(C)c(C)s1)NCCCCN(CC)CC.I. The molecule has 0 aliphatic heterocycles. The molecule has 0 saturated carbocycles. The lowest BCUT2D eigenvalue weighted by Crippen LogP contribution is -2.38. The summed E-state index contributed by atoms with van der Waals surface area (Å²) in [6, 6.07) is 0. The second-order valence-electron chi connectivity index (χ2n) is 5.61. The van der Waals surface area contributed by atoms with E-state index in [1.54, 1.807) is 11.3 Å². The molecule has 24 heavy (non-hydrogen) atoms. The maximum Gasteiger partial charge on any atom is 0.191 e. The van der Waals surface area contributed by atoms with Gasteiger partial charge in [-0.05, 0) is 53.2 Å². The maximum atomic E-state index is 4.64. The molecule has 0 fully saturated rings. The molecule has 0 atom stereocenters. The molecule has 5 nitrogen and oxygen atoms in total. The van der Waals surface area contributed by atoms with Crippen LogP contribution in [0.5, 0.6) is 0 Å². The monoisotopic (exact) mass is 467 g/mol. The van der Waals surface area contributed by atoms with Crippen LogP contribution in [0.25, 0.3) is 0 Å². The summed E-state index contributed by atoms with van der Waals surface area (Å²) in [6.07, 6.45) is 2.38. The summed E-state index contributed by atoms with van der Waals surface area (Å²) in [7, 11) is 0. The van der Waals surface area contributed by atoms with E-state index < -0.39 is 0 Å². The van der Waals surface area contributed by atoms with Crippen LogP contribution >= 0.6 is 35.3 Å². The normalized spacial score (nSPS) is 11.5. The molecule has 1 aromatic heterocycles. The molecule has 2 N–H and O–H groups in total. The molecular formula is C17H34IN5S. The fourth-order valence-corrected chi connectivity index (χ4v) is 3.16. The molecule has 0 aromatic carbocycles. The van der Waals surface area contributed by atoms with E-state index in [-0.39, 0.29) is 24.0 Å². The molecule has 0 bridgehead atoms. The number of thiazole rings is 1. The van der Waals surface area contributed by atoms with Crippen molar-refractivity contribution in [3.05, 3.63) is 15.6 Å². The molecule has 140 valence electrons. The lowest BCUT2D eigenvalue weighted by Gasteiger charge is -2.17. The average molecular weight is 467 g/mol. The number of nitrogens with zero attached hydrogens (tertiary/aromatic N) is 3. The zero-order valence-electron chi connectivity index (χ0n) is 15.8. The van der Waals surface area contributed by atoms with Gasteiger partial charge in [0.05, 0.1) is 12.2 Å². The van der Waals surface area contributed by atoms with E-state index >= 15 is 0 Å². The third-order valence-electron chi connectivity index (χ3n) is 3.88. The number of guanidine groups is 1. The highest BCUT2D eigenvalue weighted by Crippen LogP contribution is 2.16. The Kier molecular flexibility index (Phi) is 13.6. The fraction of sp³-hybridized carbons (Fsp3) is 0.765.